The maximum atomic E-state index is 5.71. The molecule has 0 aliphatic carbocycles. The SMILES string of the molecule is c1ccc(COCc2ccn(-c3ccc4c(c3)OCO4)c2)nc1. The molecule has 0 unspecified atom stereocenters. The minimum Gasteiger partial charge on any atom is -0.454 e. The topological polar surface area (TPSA) is 45.5 Å². The first-order chi connectivity index (χ1) is 11.4. The van der Waals surface area contributed by atoms with Crippen LogP contribution in [0.3, 0.4) is 0 Å². The van der Waals surface area contributed by atoms with E-state index in [4.69, 9.17) is 14.2 Å². The Kier molecular flexibility index (Phi) is 3.70. The van der Waals surface area contributed by atoms with Gasteiger partial charge in [-0.3, -0.25) is 4.98 Å². The van der Waals surface area contributed by atoms with E-state index in [2.05, 4.69) is 11.2 Å². The molecule has 5 nitrogen and oxygen atoms in total. The van der Waals surface area contributed by atoms with E-state index in [0.717, 1.165) is 28.4 Å². The molecule has 0 N–H and O–H groups in total. The van der Waals surface area contributed by atoms with Crippen molar-refractivity contribution in [3.8, 4) is 17.2 Å². The lowest BCUT2D eigenvalue weighted by molar-refractivity contribution is 0.104. The average molecular weight is 308 g/mol. The van der Waals surface area contributed by atoms with Gasteiger partial charge >= 0.3 is 0 Å². The van der Waals surface area contributed by atoms with Crippen LogP contribution < -0.4 is 9.47 Å². The van der Waals surface area contributed by atoms with Gasteiger partial charge in [-0.25, -0.2) is 0 Å². The van der Waals surface area contributed by atoms with Crippen molar-refractivity contribution in [3.63, 3.8) is 0 Å². The zero-order chi connectivity index (χ0) is 15.5. The van der Waals surface area contributed by atoms with E-state index in [9.17, 15) is 0 Å². The van der Waals surface area contributed by atoms with Gasteiger partial charge in [0.2, 0.25) is 6.79 Å². The van der Waals surface area contributed by atoms with Gasteiger partial charge in [0, 0.05) is 30.3 Å². The summed E-state index contributed by atoms with van der Waals surface area (Å²) in [7, 11) is 0. The van der Waals surface area contributed by atoms with Gasteiger partial charge in [0.25, 0.3) is 0 Å². The van der Waals surface area contributed by atoms with E-state index >= 15 is 0 Å². The van der Waals surface area contributed by atoms with E-state index in [1.54, 1.807) is 6.20 Å². The predicted molar refractivity (Wildman–Crippen MR) is 84.6 cm³/mol. The highest BCUT2D eigenvalue weighted by molar-refractivity contribution is 5.50. The second-order valence-electron chi connectivity index (χ2n) is 5.28. The fourth-order valence-corrected chi connectivity index (χ4v) is 2.49. The predicted octanol–water partition coefficient (Wildman–Crippen LogP) is 3.32. The van der Waals surface area contributed by atoms with Gasteiger partial charge < -0.3 is 18.8 Å². The Morgan fingerprint density at radius 3 is 2.91 bits per heavy atom. The molecule has 4 rings (SSSR count). The number of fused-ring (bicyclic) bond motifs is 1. The van der Waals surface area contributed by atoms with Crippen molar-refractivity contribution in [1.82, 2.24) is 9.55 Å². The summed E-state index contributed by atoms with van der Waals surface area (Å²) in [6, 6.07) is 13.8. The molecule has 0 fully saturated rings. The van der Waals surface area contributed by atoms with Crippen molar-refractivity contribution in [2.45, 2.75) is 13.2 Å². The molecule has 2 aromatic heterocycles. The van der Waals surface area contributed by atoms with Crippen molar-refractivity contribution in [1.29, 1.82) is 0 Å². The first-order valence-corrected chi connectivity index (χ1v) is 7.43. The molecule has 1 aliphatic heterocycles. The highest BCUT2D eigenvalue weighted by Crippen LogP contribution is 2.33. The number of benzene rings is 1. The molecule has 0 spiro atoms. The van der Waals surface area contributed by atoms with E-state index < -0.39 is 0 Å². The summed E-state index contributed by atoms with van der Waals surface area (Å²) in [4.78, 5) is 4.24. The Hall–Kier alpha value is -2.79. The second-order valence-corrected chi connectivity index (χ2v) is 5.28. The summed E-state index contributed by atoms with van der Waals surface area (Å²) >= 11 is 0. The standard InChI is InChI=1S/C18H16N2O3/c1-2-7-19-15(3-1)12-21-11-14-6-8-20(10-14)16-4-5-17-18(9-16)23-13-22-17/h1-10H,11-13H2. The minimum absolute atomic E-state index is 0.289. The second kappa shape index (κ2) is 6.14. The summed E-state index contributed by atoms with van der Waals surface area (Å²) in [5, 5.41) is 0. The number of pyridine rings is 1. The third-order valence-electron chi connectivity index (χ3n) is 3.65. The fraction of sp³-hybridized carbons (Fsp3) is 0.167. The number of hydrogen-bond acceptors (Lipinski definition) is 4. The molecule has 3 heterocycles. The molecule has 1 aromatic carbocycles. The molecule has 1 aliphatic rings. The summed E-state index contributed by atoms with van der Waals surface area (Å²) in [6.45, 7) is 1.35. The van der Waals surface area contributed by atoms with Crippen LogP contribution >= 0.6 is 0 Å². The van der Waals surface area contributed by atoms with Gasteiger partial charge in [-0.15, -0.1) is 0 Å². The van der Waals surface area contributed by atoms with E-state index in [-0.39, 0.29) is 6.79 Å². The summed E-state index contributed by atoms with van der Waals surface area (Å²) in [5.74, 6) is 1.57. The monoisotopic (exact) mass is 308 g/mol. The highest BCUT2D eigenvalue weighted by Gasteiger charge is 2.13. The molecular weight excluding hydrogens is 292 g/mol. The van der Waals surface area contributed by atoms with Crippen molar-refractivity contribution in [2.24, 2.45) is 0 Å². The van der Waals surface area contributed by atoms with Crippen molar-refractivity contribution >= 4 is 0 Å². The van der Waals surface area contributed by atoms with Gasteiger partial charge in [-0.2, -0.15) is 0 Å². The highest BCUT2D eigenvalue weighted by atomic mass is 16.7. The average Bonchev–Trinajstić information content (AvgIpc) is 3.24. The van der Waals surface area contributed by atoms with Gasteiger partial charge in [0.05, 0.1) is 18.9 Å². The van der Waals surface area contributed by atoms with Crippen LogP contribution in [-0.2, 0) is 18.0 Å². The van der Waals surface area contributed by atoms with Crippen LogP contribution in [0.1, 0.15) is 11.3 Å². The Morgan fingerprint density at radius 1 is 1.04 bits per heavy atom. The summed E-state index contributed by atoms with van der Waals surface area (Å²) in [5.41, 5.74) is 3.08. The molecule has 3 aromatic rings. The number of rotatable bonds is 5. The van der Waals surface area contributed by atoms with Crippen LogP contribution in [0.4, 0.5) is 0 Å². The van der Waals surface area contributed by atoms with E-state index in [1.165, 1.54) is 0 Å². The first kappa shape index (κ1) is 13.8. The molecule has 0 radical (unpaired) electrons. The lowest BCUT2D eigenvalue weighted by Gasteiger charge is -2.04. The fourth-order valence-electron chi connectivity index (χ4n) is 2.49. The molecule has 0 atom stereocenters. The van der Waals surface area contributed by atoms with Crippen LogP contribution in [-0.4, -0.2) is 16.3 Å². The minimum atomic E-state index is 0.289. The maximum absolute atomic E-state index is 5.71. The molecule has 0 saturated heterocycles. The quantitative estimate of drug-likeness (QED) is 0.725. The number of aromatic nitrogens is 2. The van der Waals surface area contributed by atoms with E-state index in [1.807, 2.05) is 53.2 Å². The molecule has 5 heteroatoms. The molecular formula is C18H16N2O3. The number of hydrogen-bond donors (Lipinski definition) is 0. The maximum Gasteiger partial charge on any atom is 0.231 e. The zero-order valence-electron chi connectivity index (χ0n) is 12.5. The molecule has 0 amide bonds. The smallest absolute Gasteiger partial charge is 0.231 e. The molecule has 0 saturated carbocycles. The Labute approximate surface area is 134 Å². The van der Waals surface area contributed by atoms with Gasteiger partial charge in [0.1, 0.15) is 0 Å². The third-order valence-corrected chi connectivity index (χ3v) is 3.65. The zero-order valence-corrected chi connectivity index (χ0v) is 12.5. The van der Waals surface area contributed by atoms with E-state index in [0.29, 0.717) is 13.2 Å². The molecule has 116 valence electrons. The van der Waals surface area contributed by atoms with Crippen molar-refractivity contribution in [3.05, 3.63) is 72.3 Å². The summed E-state index contributed by atoms with van der Waals surface area (Å²) in [6.07, 6.45) is 5.84. The Bertz CT molecular complexity index is 799. The number of nitrogens with zero attached hydrogens (tertiary/aromatic N) is 2. The van der Waals surface area contributed by atoms with Gasteiger partial charge in [-0.1, -0.05) is 6.07 Å². The van der Waals surface area contributed by atoms with Gasteiger partial charge in [-0.05, 0) is 35.9 Å². The van der Waals surface area contributed by atoms with Crippen LogP contribution in [0.25, 0.3) is 5.69 Å². The first-order valence-electron chi connectivity index (χ1n) is 7.43. The van der Waals surface area contributed by atoms with Crippen LogP contribution in [0.5, 0.6) is 11.5 Å². The van der Waals surface area contributed by atoms with Gasteiger partial charge in [0.15, 0.2) is 11.5 Å². The normalized spacial score (nSPS) is 12.5. The lowest BCUT2D eigenvalue weighted by Crippen LogP contribution is -1.95. The Balaban J connectivity index is 1.41. The lowest BCUT2D eigenvalue weighted by atomic mass is 10.3. The van der Waals surface area contributed by atoms with Crippen molar-refractivity contribution < 1.29 is 14.2 Å². The number of ether oxygens (including phenoxy) is 3. The largest absolute Gasteiger partial charge is 0.454 e. The van der Waals surface area contributed by atoms with Crippen LogP contribution in [0.2, 0.25) is 0 Å². The van der Waals surface area contributed by atoms with Crippen LogP contribution in [0, 0.1) is 0 Å². The third kappa shape index (κ3) is 3.05. The molecule has 0 bridgehead atoms. The molecule has 23 heavy (non-hydrogen) atoms. The Morgan fingerprint density at radius 2 is 2.00 bits per heavy atom. The summed E-state index contributed by atoms with van der Waals surface area (Å²) < 4.78 is 18.5. The van der Waals surface area contributed by atoms with Crippen molar-refractivity contribution in [2.75, 3.05) is 6.79 Å². The van der Waals surface area contributed by atoms with Crippen LogP contribution in [0.15, 0.2) is 61.1 Å².